The number of nitrogens with one attached hydrogen (secondary N) is 1. The summed E-state index contributed by atoms with van der Waals surface area (Å²) in [6.07, 6.45) is 7.21. The Labute approximate surface area is 128 Å². The van der Waals surface area contributed by atoms with Crippen LogP contribution in [0.15, 0.2) is 12.3 Å². The molecule has 4 heteroatoms. The summed E-state index contributed by atoms with van der Waals surface area (Å²) in [5.74, 6) is 0. The van der Waals surface area contributed by atoms with E-state index in [2.05, 4.69) is 42.2 Å². The van der Waals surface area contributed by atoms with Gasteiger partial charge in [0.25, 0.3) is 0 Å². The van der Waals surface area contributed by atoms with Gasteiger partial charge in [0.2, 0.25) is 0 Å². The molecule has 1 aliphatic heterocycles. The van der Waals surface area contributed by atoms with Gasteiger partial charge in [0, 0.05) is 49.9 Å². The third-order valence-electron chi connectivity index (χ3n) is 4.00. The van der Waals surface area contributed by atoms with Crippen molar-refractivity contribution in [1.82, 2.24) is 10.3 Å². The van der Waals surface area contributed by atoms with Crippen LogP contribution in [0.4, 0.5) is 5.69 Å². The van der Waals surface area contributed by atoms with E-state index in [1.165, 1.54) is 30.5 Å². The highest BCUT2D eigenvalue weighted by Gasteiger charge is 2.17. The predicted octanol–water partition coefficient (Wildman–Crippen LogP) is 2.89. The Kier molecular flexibility index (Phi) is 6.46. The first-order valence-corrected chi connectivity index (χ1v) is 8.19. The number of rotatable bonds is 7. The maximum absolute atomic E-state index is 5.87. The topological polar surface area (TPSA) is 37.4 Å². The molecule has 1 fully saturated rings. The van der Waals surface area contributed by atoms with E-state index in [-0.39, 0.29) is 0 Å². The van der Waals surface area contributed by atoms with E-state index < -0.39 is 0 Å². The van der Waals surface area contributed by atoms with Crippen molar-refractivity contribution < 1.29 is 4.74 Å². The van der Waals surface area contributed by atoms with E-state index >= 15 is 0 Å². The van der Waals surface area contributed by atoms with Gasteiger partial charge in [-0.2, -0.15) is 0 Å². The number of aryl methyl sites for hydroxylation is 1. The summed E-state index contributed by atoms with van der Waals surface area (Å²) in [5, 5.41) is 3.47. The normalized spacial score (nSPS) is 18.7. The number of pyridine rings is 1. The van der Waals surface area contributed by atoms with E-state index in [0.29, 0.717) is 6.10 Å². The molecule has 0 aliphatic carbocycles. The van der Waals surface area contributed by atoms with Crippen molar-refractivity contribution in [3.05, 3.63) is 23.5 Å². The number of hydrogen-bond donors (Lipinski definition) is 1. The average molecular weight is 291 g/mol. The second kappa shape index (κ2) is 8.35. The Morgan fingerprint density at radius 1 is 1.43 bits per heavy atom. The average Bonchev–Trinajstić information content (AvgIpc) is 2.50. The molecule has 2 rings (SSSR count). The highest BCUT2D eigenvalue weighted by molar-refractivity contribution is 5.53. The Balaban J connectivity index is 2.02. The van der Waals surface area contributed by atoms with Crippen molar-refractivity contribution >= 4 is 5.69 Å². The largest absolute Gasteiger partial charge is 0.376 e. The first kappa shape index (κ1) is 16.2. The molecule has 1 aromatic heterocycles. The fourth-order valence-corrected chi connectivity index (χ4v) is 2.82. The summed E-state index contributed by atoms with van der Waals surface area (Å²) in [4.78, 5) is 6.78. The van der Waals surface area contributed by atoms with Gasteiger partial charge in [0.1, 0.15) is 0 Å². The van der Waals surface area contributed by atoms with Gasteiger partial charge in [-0.3, -0.25) is 4.98 Å². The van der Waals surface area contributed by atoms with Crippen LogP contribution in [0, 0.1) is 6.92 Å². The van der Waals surface area contributed by atoms with Crippen LogP contribution >= 0.6 is 0 Å². The monoisotopic (exact) mass is 291 g/mol. The predicted molar refractivity (Wildman–Crippen MR) is 87.8 cm³/mol. The first-order chi connectivity index (χ1) is 10.2. The molecule has 21 heavy (non-hydrogen) atoms. The zero-order valence-electron chi connectivity index (χ0n) is 13.7. The fraction of sp³-hybridized carbons (Fsp3) is 0.706. The lowest BCUT2D eigenvalue weighted by molar-refractivity contribution is 0.0216. The third kappa shape index (κ3) is 4.97. The van der Waals surface area contributed by atoms with Gasteiger partial charge < -0.3 is 15.0 Å². The SMILES string of the molecule is CCCNCc1cnc(C)cc1N(C)CC1CCCCO1. The second-order valence-corrected chi connectivity index (χ2v) is 6.00. The molecule has 1 unspecified atom stereocenters. The molecule has 0 spiro atoms. The quantitative estimate of drug-likeness (QED) is 0.784. The molecule has 0 saturated carbocycles. The van der Waals surface area contributed by atoms with Crippen molar-refractivity contribution in [1.29, 1.82) is 0 Å². The Bertz CT molecular complexity index is 430. The van der Waals surface area contributed by atoms with E-state index in [9.17, 15) is 0 Å². The maximum atomic E-state index is 5.87. The Morgan fingerprint density at radius 2 is 2.29 bits per heavy atom. The summed E-state index contributed by atoms with van der Waals surface area (Å²) >= 11 is 0. The summed E-state index contributed by atoms with van der Waals surface area (Å²) in [6, 6.07) is 2.19. The molecule has 4 nitrogen and oxygen atoms in total. The summed E-state index contributed by atoms with van der Waals surface area (Å²) in [7, 11) is 2.16. The first-order valence-electron chi connectivity index (χ1n) is 8.19. The second-order valence-electron chi connectivity index (χ2n) is 6.00. The van der Waals surface area contributed by atoms with Gasteiger partial charge in [-0.05, 0) is 45.2 Å². The number of likely N-dealkylation sites (N-methyl/N-ethyl adjacent to an activating group) is 1. The van der Waals surface area contributed by atoms with Gasteiger partial charge in [-0.1, -0.05) is 6.92 Å². The Morgan fingerprint density at radius 3 is 3.00 bits per heavy atom. The van der Waals surface area contributed by atoms with Crippen molar-refractivity contribution in [2.75, 3.05) is 31.6 Å². The molecule has 0 bridgehead atoms. The molecule has 1 N–H and O–H groups in total. The maximum Gasteiger partial charge on any atom is 0.0749 e. The molecule has 0 amide bonds. The minimum absolute atomic E-state index is 0.369. The summed E-state index contributed by atoms with van der Waals surface area (Å²) < 4.78 is 5.87. The lowest BCUT2D eigenvalue weighted by Gasteiger charge is -2.30. The zero-order valence-corrected chi connectivity index (χ0v) is 13.7. The Hall–Kier alpha value is -1.13. The van der Waals surface area contributed by atoms with Crippen LogP contribution in [-0.4, -0.2) is 37.8 Å². The van der Waals surface area contributed by atoms with Crippen LogP contribution in [0.5, 0.6) is 0 Å². The van der Waals surface area contributed by atoms with Gasteiger partial charge in [0.15, 0.2) is 0 Å². The van der Waals surface area contributed by atoms with Crippen LogP contribution in [0.25, 0.3) is 0 Å². The molecule has 118 valence electrons. The van der Waals surface area contributed by atoms with Crippen molar-refractivity contribution in [3.63, 3.8) is 0 Å². The lowest BCUT2D eigenvalue weighted by Crippen LogP contribution is -2.34. The molecule has 1 saturated heterocycles. The minimum Gasteiger partial charge on any atom is -0.376 e. The van der Waals surface area contributed by atoms with Crippen LogP contribution in [0.2, 0.25) is 0 Å². The molecule has 1 atom stereocenters. The van der Waals surface area contributed by atoms with E-state index in [1.807, 2.05) is 6.20 Å². The van der Waals surface area contributed by atoms with Crippen LogP contribution in [0.3, 0.4) is 0 Å². The van der Waals surface area contributed by atoms with Crippen molar-refractivity contribution in [2.45, 2.75) is 52.2 Å². The highest BCUT2D eigenvalue weighted by Crippen LogP contribution is 2.22. The highest BCUT2D eigenvalue weighted by atomic mass is 16.5. The van der Waals surface area contributed by atoms with Crippen molar-refractivity contribution in [2.24, 2.45) is 0 Å². The summed E-state index contributed by atoms with van der Waals surface area (Å²) in [5.41, 5.74) is 3.62. The molecule has 0 aromatic carbocycles. The fourth-order valence-electron chi connectivity index (χ4n) is 2.82. The van der Waals surface area contributed by atoms with Gasteiger partial charge in [-0.25, -0.2) is 0 Å². The minimum atomic E-state index is 0.369. The van der Waals surface area contributed by atoms with Gasteiger partial charge >= 0.3 is 0 Å². The smallest absolute Gasteiger partial charge is 0.0749 e. The molecular weight excluding hydrogens is 262 g/mol. The number of anilines is 1. The van der Waals surface area contributed by atoms with Crippen LogP contribution in [-0.2, 0) is 11.3 Å². The standard InChI is InChI=1S/C17H29N3O/c1-4-8-18-11-15-12-19-14(2)10-17(15)20(3)13-16-7-5-6-9-21-16/h10,12,16,18H,4-9,11,13H2,1-3H3. The number of ether oxygens (including phenoxy) is 1. The van der Waals surface area contributed by atoms with Crippen LogP contribution < -0.4 is 10.2 Å². The van der Waals surface area contributed by atoms with E-state index in [4.69, 9.17) is 4.74 Å². The third-order valence-corrected chi connectivity index (χ3v) is 4.00. The van der Waals surface area contributed by atoms with Gasteiger partial charge in [-0.15, -0.1) is 0 Å². The van der Waals surface area contributed by atoms with E-state index in [1.54, 1.807) is 0 Å². The lowest BCUT2D eigenvalue weighted by atomic mass is 10.1. The van der Waals surface area contributed by atoms with Crippen molar-refractivity contribution in [3.8, 4) is 0 Å². The van der Waals surface area contributed by atoms with Gasteiger partial charge in [0.05, 0.1) is 6.10 Å². The molecule has 1 aliphatic rings. The van der Waals surface area contributed by atoms with E-state index in [0.717, 1.165) is 38.4 Å². The number of aromatic nitrogens is 1. The molecule has 1 aromatic rings. The summed E-state index contributed by atoms with van der Waals surface area (Å²) in [6.45, 7) is 8.05. The zero-order chi connectivity index (χ0) is 15.1. The number of nitrogens with zero attached hydrogens (tertiary/aromatic N) is 2. The van der Waals surface area contributed by atoms with Crippen LogP contribution in [0.1, 0.15) is 43.9 Å². The molecular formula is C17H29N3O. The number of hydrogen-bond acceptors (Lipinski definition) is 4. The molecule has 2 heterocycles. The molecule has 0 radical (unpaired) electrons.